The van der Waals surface area contributed by atoms with E-state index in [0.29, 0.717) is 6.61 Å². The van der Waals surface area contributed by atoms with Gasteiger partial charge in [-0.3, -0.25) is 0 Å². The maximum atomic E-state index is 9.40. The standard InChI is InChI=1S/C8H16O5/c1-10-5-4-13-8(9)7(12-3)6(5)11-2/h5-9H,4H2,1-3H3/t5-,6+,7-,8?/m0/s1. The van der Waals surface area contributed by atoms with Gasteiger partial charge in [0.15, 0.2) is 6.29 Å². The van der Waals surface area contributed by atoms with E-state index in [4.69, 9.17) is 18.9 Å². The second kappa shape index (κ2) is 4.88. The van der Waals surface area contributed by atoms with Crippen molar-refractivity contribution in [1.82, 2.24) is 0 Å². The fourth-order valence-corrected chi connectivity index (χ4v) is 1.50. The highest BCUT2D eigenvalue weighted by Gasteiger charge is 2.40. The molecule has 0 amide bonds. The summed E-state index contributed by atoms with van der Waals surface area (Å²) >= 11 is 0. The molecule has 0 spiro atoms. The zero-order valence-corrected chi connectivity index (χ0v) is 8.10. The van der Waals surface area contributed by atoms with Gasteiger partial charge in [0.2, 0.25) is 0 Å². The molecule has 13 heavy (non-hydrogen) atoms. The third-order valence-electron chi connectivity index (χ3n) is 2.25. The zero-order chi connectivity index (χ0) is 9.84. The summed E-state index contributed by atoms with van der Waals surface area (Å²) < 4.78 is 20.4. The van der Waals surface area contributed by atoms with E-state index in [1.165, 1.54) is 7.11 Å². The Morgan fingerprint density at radius 2 is 1.69 bits per heavy atom. The van der Waals surface area contributed by atoms with E-state index in [2.05, 4.69) is 0 Å². The number of hydrogen-bond donors (Lipinski definition) is 1. The molecule has 1 aliphatic heterocycles. The molecule has 0 saturated carbocycles. The molecule has 1 rings (SSSR count). The van der Waals surface area contributed by atoms with Crippen LogP contribution in [-0.2, 0) is 18.9 Å². The minimum atomic E-state index is -0.943. The number of hydrogen-bond acceptors (Lipinski definition) is 5. The lowest BCUT2D eigenvalue weighted by Gasteiger charge is -2.38. The quantitative estimate of drug-likeness (QED) is 0.646. The molecule has 0 bridgehead atoms. The van der Waals surface area contributed by atoms with Gasteiger partial charge in [0, 0.05) is 21.3 Å². The Hall–Kier alpha value is -0.200. The predicted octanol–water partition coefficient (Wildman–Crippen LogP) is -0.620. The maximum Gasteiger partial charge on any atom is 0.183 e. The summed E-state index contributed by atoms with van der Waals surface area (Å²) in [6, 6.07) is 0. The van der Waals surface area contributed by atoms with Gasteiger partial charge in [-0.15, -0.1) is 0 Å². The summed E-state index contributed by atoms with van der Waals surface area (Å²) in [5, 5.41) is 9.40. The summed E-state index contributed by atoms with van der Waals surface area (Å²) in [7, 11) is 4.63. The van der Waals surface area contributed by atoms with Crippen LogP contribution in [0.2, 0.25) is 0 Å². The summed E-state index contributed by atoms with van der Waals surface area (Å²) in [5.41, 5.74) is 0. The van der Waals surface area contributed by atoms with E-state index in [0.717, 1.165) is 0 Å². The zero-order valence-electron chi connectivity index (χ0n) is 8.10. The van der Waals surface area contributed by atoms with Crippen molar-refractivity contribution in [3.8, 4) is 0 Å². The van der Waals surface area contributed by atoms with E-state index >= 15 is 0 Å². The third kappa shape index (κ3) is 2.18. The molecule has 5 nitrogen and oxygen atoms in total. The highest BCUT2D eigenvalue weighted by atomic mass is 16.7. The van der Waals surface area contributed by atoms with Crippen LogP contribution in [0.4, 0.5) is 0 Å². The summed E-state index contributed by atoms with van der Waals surface area (Å²) in [4.78, 5) is 0. The Bertz CT molecular complexity index is 151. The molecule has 78 valence electrons. The largest absolute Gasteiger partial charge is 0.376 e. The van der Waals surface area contributed by atoms with Crippen LogP contribution in [0.5, 0.6) is 0 Å². The van der Waals surface area contributed by atoms with Crippen LogP contribution < -0.4 is 0 Å². The molecule has 1 fully saturated rings. The maximum absolute atomic E-state index is 9.40. The molecule has 0 radical (unpaired) electrons. The van der Waals surface area contributed by atoms with Gasteiger partial charge < -0.3 is 24.1 Å². The smallest absolute Gasteiger partial charge is 0.183 e. The number of rotatable bonds is 3. The van der Waals surface area contributed by atoms with E-state index in [1.807, 2.05) is 0 Å². The third-order valence-corrected chi connectivity index (χ3v) is 2.25. The number of ether oxygens (including phenoxy) is 4. The van der Waals surface area contributed by atoms with Crippen LogP contribution in [0, 0.1) is 0 Å². The van der Waals surface area contributed by atoms with Crippen molar-refractivity contribution >= 4 is 0 Å². The van der Waals surface area contributed by atoms with Crippen LogP contribution >= 0.6 is 0 Å². The van der Waals surface area contributed by atoms with Gasteiger partial charge in [-0.25, -0.2) is 0 Å². The lowest BCUT2D eigenvalue weighted by molar-refractivity contribution is -0.267. The second-order valence-electron chi connectivity index (χ2n) is 2.90. The number of aliphatic hydroxyl groups is 1. The van der Waals surface area contributed by atoms with E-state index < -0.39 is 12.4 Å². The van der Waals surface area contributed by atoms with Crippen LogP contribution in [0.25, 0.3) is 0 Å². The first-order valence-corrected chi connectivity index (χ1v) is 4.12. The normalized spacial score (nSPS) is 40.6. The highest BCUT2D eigenvalue weighted by Crippen LogP contribution is 2.20. The first-order chi connectivity index (χ1) is 6.24. The van der Waals surface area contributed by atoms with Crippen molar-refractivity contribution in [2.24, 2.45) is 0 Å². The van der Waals surface area contributed by atoms with Crippen molar-refractivity contribution in [2.75, 3.05) is 27.9 Å². The summed E-state index contributed by atoms with van der Waals surface area (Å²) in [6.07, 6.45) is -1.93. The highest BCUT2D eigenvalue weighted by molar-refractivity contribution is 4.85. The van der Waals surface area contributed by atoms with Gasteiger partial charge in [-0.2, -0.15) is 0 Å². The Balaban J connectivity index is 2.64. The van der Waals surface area contributed by atoms with Gasteiger partial charge in [0.1, 0.15) is 18.3 Å². The molecule has 1 N–H and O–H groups in total. The molecule has 4 atom stereocenters. The molecule has 0 aromatic rings. The van der Waals surface area contributed by atoms with Gasteiger partial charge >= 0.3 is 0 Å². The topological polar surface area (TPSA) is 57.2 Å². The molecular weight excluding hydrogens is 176 g/mol. The molecule has 1 saturated heterocycles. The fourth-order valence-electron chi connectivity index (χ4n) is 1.50. The van der Waals surface area contributed by atoms with Crippen LogP contribution in [0.15, 0.2) is 0 Å². The Labute approximate surface area is 77.5 Å². The predicted molar refractivity (Wildman–Crippen MR) is 44.3 cm³/mol. The first kappa shape index (κ1) is 10.9. The first-order valence-electron chi connectivity index (χ1n) is 4.12. The van der Waals surface area contributed by atoms with Crippen molar-refractivity contribution in [3.63, 3.8) is 0 Å². The molecule has 1 aliphatic rings. The van der Waals surface area contributed by atoms with Gasteiger partial charge in [-0.1, -0.05) is 0 Å². The summed E-state index contributed by atoms with van der Waals surface area (Å²) in [5.74, 6) is 0. The average Bonchev–Trinajstić information content (AvgIpc) is 2.17. The van der Waals surface area contributed by atoms with E-state index in [1.54, 1.807) is 14.2 Å². The second-order valence-corrected chi connectivity index (χ2v) is 2.90. The average molecular weight is 192 g/mol. The van der Waals surface area contributed by atoms with E-state index in [-0.39, 0.29) is 12.2 Å². The SMILES string of the molecule is CO[C@@H]1[C@@H](OC)COC(O)[C@H]1OC. The van der Waals surface area contributed by atoms with Gasteiger partial charge in [0.25, 0.3) is 0 Å². The van der Waals surface area contributed by atoms with Crippen LogP contribution in [-0.4, -0.2) is 57.6 Å². The minimum Gasteiger partial charge on any atom is -0.376 e. The monoisotopic (exact) mass is 192 g/mol. The molecule has 5 heteroatoms. The molecule has 0 aliphatic carbocycles. The summed E-state index contributed by atoms with van der Waals surface area (Å²) in [6.45, 7) is 0.316. The fraction of sp³-hybridized carbons (Fsp3) is 1.00. The van der Waals surface area contributed by atoms with E-state index in [9.17, 15) is 5.11 Å². The lowest BCUT2D eigenvalue weighted by atomic mass is 10.1. The molecule has 1 heterocycles. The minimum absolute atomic E-state index is 0.196. The van der Waals surface area contributed by atoms with Gasteiger partial charge in [-0.05, 0) is 0 Å². The Morgan fingerprint density at radius 1 is 1.08 bits per heavy atom. The lowest BCUT2D eigenvalue weighted by Crippen LogP contribution is -2.55. The molecule has 0 aromatic heterocycles. The molecular formula is C8H16O5. The van der Waals surface area contributed by atoms with Crippen LogP contribution in [0.1, 0.15) is 0 Å². The number of methoxy groups -OCH3 is 3. The van der Waals surface area contributed by atoms with Crippen molar-refractivity contribution < 1.29 is 24.1 Å². The van der Waals surface area contributed by atoms with Crippen molar-refractivity contribution in [2.45, 2.75) is 24.6 Å². The van der Waals surface area contributed by atoms with Crippen LogP contribution in [0.3, 0.4) is 0 Å². The molecule has 1 unspecified atom stereocenters. The van der Waals surface area contributed by atoms with Gasteiger partial charge in [0.05, 0.1) is 6.61 Å². The number of aliphatic hydroxyl groups excluding tert-OH is 1. The molecule has 0 aromatic carbocycles. The van der Waals surface area contributed by atoms with Crippen molar-refractivity contribution in [1.29, 1.82) is 0 Å². The Morgan fingerprint density at radius 3 is 2.15 bits per heavy atom. The Kier molecular flexibility index (Phi) is 4.08. The van der Waals surface area contributed by atoms with Crippen molar-refractivity contribution in [3.05, 3.63) is 0 Å².